The van der Waals surface area contributed by atoms with Gasteiger partial charge in [-0.25, -0.2) is 8.78 Å². The molecule has 1 aromatic carbocycles. The summed E-state index contributed by atoms with van der Waals surface area (Å²) in [6.45, 7) is -1.42. The van der Waals surface area contributed by atoms with E-state index >= 15 is 0 Å². The Morgan fingerprint density at radius 1 is 0.882 bits per heavy atom. The van der Waals surface area contributed by atoms with Crippen molar-refractivity contribution in [3.63, 3.8) is 0 Å². The van der Waals surface area contributed by atoms with Crippen molar-refractivity contribution in [2.75, 3.05) is 0 Å². The van der Waals surface area contributed by atoms with Crippen LogP contribution in [0.5, 0.6) is 5.75 Å². The van der Waals surface area contributed by atoms with E-state index in [1.54, 1.807) is 0 Å². The summed E-state index contributed by atoms with van der Waals surface area (Å²) in [6, 6.07) is 0. The maximum atomic E-state index is 12.9. The first-order chi connectivity index (χ1) is 7.69. The van der Waals surface area contributed by atoms with Crippen LogP contribution in [0.4, 0.5) is 30.7 Å². The highest BCUT2D eigenvalue weighted by atomic mass is 19.4. The van der Waals surface area contributed by atoms with Crippen LogP contribution in [0.3, 0.4) is 0 Å². The van der Waals surface area contributed by atoms with Gasteiger partial charge < -0.3 is 9.84 Å². The third kappa shape index (κ3) is 2.60. The van der Waals surface area contributed by atoms with Crippen LogP contribution in [0.25, 0.3) is 0 Å². The van der Waals surface area contributed by atoms with Crippen LogP contribution in [0.15, 0.2) is 0 Å². The number of benzene rings is 1. The molecule has 0 radical (unpaired) electrons. The maximum Gasteiger partial charge on any atom is 0.573 e. The van der Waals surface area contributed by atoms with E-state index in [0.717, 1.165) is 0 Å². The molecule has 1 aromatic rings. The molecular weight excluding hydrogens is 261 g/mol. The van der Waals surface area contributed by atoms with Crippen molar-refractivity contribution in [3.05, 3.63) is 28.8 Å². The van der Waals surface area contributed by atoms with E-state index in [-0.39, 0.29) is 0 Å². The molecule has 2 nitrogen and oxygen atoms in total. The number of halogens is 7. The van der Waals surface area contributed by atoms with Gasteiger partial charge in [-0.1, -0.05) is 0 Å². The summed E-state index contributed by atoms with van der Waals surface area (Å²) in [4.78, 5) is 0. The van der Waals surface area contributed by atoms with Crippen molar-refractivity contribution in [1.29, 1.82) is 0 Å². The molecule has 1 N–H and O–H groups in total. The lowest BCUT2D eigenvalue weighted by molar-refractivity contribution is -0.276. The molecular formula is C8H3F7O2. The summed E-state index contributed by atoms with van der Waals surface area (Å²) in [5, 5.41) is 8.40. The van der Waals surface area contributed by atoms with Crippen molar-refractivity contribution in [1.82, 2.24) is 0 Å². The van der Waals surface area contributed by atoms with Crippen LogP contribution in [0.2, 0.25) is 0 Å². The van der Waals surface area contributed by atoms with Crippen molar-refractivity contribution in [3.8, 4) is 5.75 Å². The zero-order chi connectivity index (χ0) is 13.4. The Labute approximate surface area is 89.2 Å². The second-order valence-electron chi connectivity index (χ2n) is 2.77. The molecule has 0 aliphatic carbocycles. The molecule has 0 heterocycles. The van der Waals surface area contributed by atoms with Crippen LogP contribution in [0, 0.1) is 23.3 Å². The topological polar surface area (TPSA) is 29.5 Å². The normalized spacial score (nSPS) is 11.8. The largest absolute Gasteiger partial charge is 0.573 e. The van der Waals surface area contributed by atoms with Crippen molar-refractivity contribution in [2.45, 2.75) is 13.0 Å². The predicted octanol–water partition coefficient (Wildman–Crippen LogP) is 2.63. The van der Waals surface area contributed by atoms with Gasteiger partial charge in [0.2, 0.25) is 17.4 Å². The van der Waals surface area contributed by atoms with E-state index < -0.39 is 47.6 Å². The first kappa shape index (κ1) is 13.6. The Balaban J connectivity index is 3.43. The van der Waals surface area contributed by atoms with Gasteiger partial charge in [-0.15, -0.1) is 13.2 Å². The van der Waals surface area contributed by atoms with Crippen LogP contribution in [-0.2, 0) is 6.61 Å². The van der Waals surface area contributed by atoms with Gasteiger partial charge >= 0.3 is 6.36 Å². The average Bonchev–Trinajstić information content (AvgIpc) is 2.21. The molecule has 9 heteroatoms. The first-order valence-corrected chi connectivity index (χ1v) is 3.90. The van der Waals surface area contributed by atoms with Gasteiger partial charge in [-0.2, -0.15) is 8.78 Å². The van der Waals surface area contributed by atoms with Gasteiger partial charge in [-0.3, -0.25) is 0 Å². The minimum atomic E-state index is -5.51. The average molecular weight is 264 g/mol. The van der Waals surface area contributed by atoms with Crippen LogP contribution >= 0.6 is 0 Å². The van der Waals surface area contributed by atoms with E-state index in [4.69, 9.17) is 5.11 Å². The summed E-state index contributed by atoms with van der Waals surface area (Å²) < 4.78 is 89.5. The third-order valence-corrected chi connectivity index (χ3v) is 1.69. The molecule has 0 unspecified atom stereocenters. The number of hydrogen-bond donors (Lipinski definition) is 1. The Bertz CT molecular complexity index is 411. The van der Waals surface area contributed by atoms with Crippen LogP contribution in [-0.4, -0.2) is 11.5 Å². The number of rotatable bonds is 2. The number of alkyl halides is 3. The molecule has 96 valence electrons. The molecule has 1 rings (SSSR count). The molecule has 0 bridgehead atoms. The fourth-order valence-electron chi connectivity index (χ4n) is 1.00. The Hall–Kier alpha value is -1.51. The van der Waals surface area contributed by atoms with Gasteiger partial charge in [0.15, 0.2) is 11.6 Å². The van der Waals surface area contributed by atoms with Crippen molar-refractivity contribution >= 4 is 0 Å². The van der Waals surface area contributed by atoms with Crippen molar-refractivity contribution in [2.24, 2.45) is 0 Å². The lowest BCUT2D eigenvalue weighted by Gasteiger charge is -2.13. The van der Waals surface area contributed by atoms with Gasteiger partial charge in [0, 0.05) is 0 Å². The zero-order valence-electron chi connectivity index (χ0n) is 7.71. The molecule has 0 aliphatic rings. The summed E-state index contributed by atoms with van der Waals surface area (Å²) in [5.41, 5.74) is -1.42. The second-order valence-corrected chi connectivity index (χ2v) is 2.77. The predicted molar refractivity (Wildman–Crippen MR) is 38.9 cm³/mol. The number of ether oxygens (including phenoxy) is 1. The van der Waals surface area contributed by atoms with E-state index in [1.165, 1.54) is 0 Å². The van der Waals surface area contributed by atoms with E-state index in [0.29, 0.717) is 0 Å². The third-order valence-electron chi connectivity index (χ3n) is 1.69. The molecule has 0 fully saturated rings. The van der Waals surface area contributed by atoms with Crippen molar-refractivity contribution < 1.29 is 40.6 Å². The zero-order valence-corrected chi connectivity index (χ0v) is 7.71. The summed E-state index contributed by atoms with van der Waals surface area (Å²) in [6.07, 6.45) is -5.51. The van der Waals surface area contributed by atoms with Crippen LogP contribution in [0.1, 0.15) is 5.56 Å². The standard InChI is InChI=1S/C8H3F7O2/c9-3-2(1-16)4(10)6(12)7(5(3)11)17-8(13,14)15/h16H,1H2. The summed E-state index contributed by atoms with van der Waals surface area (Å²) >= 11 is 0. The number of aliphatic hydroxyl groups is 1. The molecule has 0 amide bonds. The van der Waals surface area contributed by atoms with Gasteiger partial charge in [0.25, 0.3) is 0 Å². The Morgan fingerprint density at radius 3 is 1.59 bits per heavy atom. The Kier molecular flexibility index (Phi) is 3.51. The number of hydrogen-bond acceptors (Lipinski definition) is 2. The highest BCUT2D eigenvalue weighted by Gasteiger charge is 2.37. The fourth-order valence-corrected chi connectivity index (χ4v) is 1.00. The number of aliphatic hydroxyl groups excluding tert-OH is 1. The summed E-state index contributed by atoms with van der Waals surface area (Å²) in [5.74, 6) is -11.3. The molecule has 17 heavy (non-hydrogen) atoms. The minimum absolute atomic E-state index is 1.42. The lowest BCUT2D eigenvalue weighted by atomic mass is 10.1. The Morgan fingerprint density at radius 2 is 1.29 bits per heavy atom. The molecule has 0 saturated heterocycles. The lowest BCUT2D eigenvalue weighted by Crippen LogP contribution is -2.20. The second kappa shape index (κ2) is 4.40. The molecule has 0 spiro atoms. The monoisotopic (exact) mass is 264 g/mol. The van der Waals surface area contributed by atoms with Gasteiger partial charge in [0.05, 0.1) is 12.2 Å². The quantitative estimate of drug-likeness (QED) is 0.657. The van der Waals surface area contributed by atoms with E-state index in [9.17, 15) is 30.7 Å². The molecule has 0 atom stereocenters. The molecule has 0 saturated carbocycles. The first-order valence-electron chi connectivity index (χ1n) is 3.90. The SMILES string of the molecule is OCc1c(F)c(F)c(OC(F)(F)F)c(F)c1F. The van der Waals surface area contributed by atoms with Gasteiger partial charge in [0.1, 0.15) is 0 Å². The maximum absolute atomic E-state index is 12.9. The molecule has 0 aromatic heterocycles. The summed E-state index contributed by atoms with van der Waals surface area (Å²) in [7, 11) is 0. The minimum Gasteiger partial charge on any atom is -0.399 e. The molecule has 0 aliphatic heterocycles. The van der Waals surface area contributed by atoms with E-state index in [2.05, 4.69) is 4.74 Å². The highest BCUT2D eigenvalue weighted by molar-refractivity contribution is 5.34. The van der Waals surface area contributed by atoms with Gasteiger partial charge in [-0.05, 0) is 0 Å². The highest BCUT2D eigenvalue weighted by Crippen LogP contribution is 2.33. The van der Waals surface area contributed by atoms with E-state index in [1.807, 2.05) is 0 Å². The van der Waals surface area contributed by atoms with Crippen LogP contribution < -0.4 is 4.74 Å². The smallest absolute Gasteiger partial charge is 0.399 e. The fraction of sp³-hybridized carbons (Fsp3) is 0.250.